The number of aliphatic imine (C=N–C) groups is 1. The Kier molecular flexibility index (Phi) is 10.5. The average Bonchev–Trinajstić information content (AvgIpc) is 2.62. The molecule has 0 aromatic heterocycles. The van der Waals surface area contributed by atoms with Crippen LogP contribution in [0.15, 0.2) is 53.5 Å². The van der Waals surface area contributed by atoms with E-state index in [1.807, 2.05) is 36.4 Å². The molecular weight excluding hydrogens is 449 g/mol. The standard InChI is InChI=1S/C19H24ClN3O.HI/c1-21-19(22-12-5-13-24-2)23-14-16-6-3-4-7-18(16)15-8-10-17(20)11-9-15;/h3-4,6-11H,5,12-14H2,1-2H3,(H2,21,22,23);1H. The minimum atomic E-state index is 0. The number of benzene rings is 2. The maximum atomic E-state index is 5.99. The summed E-state index contributed by atoms with van der Waals surface area (Å²) < 4.78 is 5.05. The maximum absolute atomic E-state index is 5.99. The molecule has 0 atom stereocenters. The van der Waals surface area contributed by atoms with Gasteiger partial charge in [-0.05, 0) is 35.2 Å². The molecule has 6 heteroatoms. The molecule has 0 fully saturated rings. The smallest absolute Gasteiger partial charge is 0.191 e. The van der Waals surface area contributed by atoms with Gasteiger partial charge < -0.3 is 15.4 Å². The molecule has 2 rings (SSSR count). The summed E-state index contributed by atoms with van der Waals surface area (Å²) in [7, 11) is 3.48. The van der Waals surface area contributed by atoms with Crippen molar-refractivity contribution in [2.45, 2.75) is 13.0 Å². The van der Waals surface area contributed by atoms with Crippen LogP contribution in [0, 0.1) is 0 Å². The van der Waals surface area contributed by atoms with Crippen molar-refractivity contribution in [2.24, 2.45) is 4.99 Å². The van der Waals surface area contributed by atoms with E-state index < -0.39 is 0 Å². The number of nitrogens with zero attached hydrogens (tertiary/aromatic N) is 1. The molecule has 4 nitrogen and oxygen atoms in total. The van der Waals surface area contributed by atoms with E-state index in [4.69, 9.17) is 16.3 Å². The molecule has 0 bridgehead atoms. The quantitative estimate of drug-likeness (QED) is 0.272. The van der Waals surface area contributed by atoms with E-state index >= 15 is 0 Å². The summed E-state index contributed by atoms with van der Waals surface area (Å²) in [6.45, 7) is 2.26. The van der Waals surface area contributed by atoms with Crippen molar-refractivity contribution in [1.82, 2.24) is 10.6 Å². The van der Waals surface area contributed by atoms with Crippen molar-refractivity contribution in [1.29, 1.82) is 0 Å². The van der Waals surface area contributed by atoms with E-state index in [2.05, 4.69) is 27.8 Å². The first kappa shape index (κ1) is 21.7. The van der Waals surface area contributed by atoms with Crippen LogP contribution in [0.1, 0.15) is 12.0 Å². The van der Waals surface area contributed by atoms with Crippen LogP contribution in [-0.4, -0.2) is 33.3 Å². The zero-order valence-corrected chi connectivity index (χ0v) is 17.7. The van der Waals surface area contributed by atoms with Crippen LogP contribution in [0.3, 0.4) is 0 Å². The van der Waals surface area contributed by atoms with Gasteiger partial charge in [0.1, 0.15) is 0 Å². The highest BCUT2D eigenvalue weighted by Crippen LogP contribution is 2.25. The van der Waals surface area contributed by atoms with Gasteiger partial charge in [-0.15, -0.1) is 24.0 Å². The molecular formula is C19H25ClIN3O. The summed E-state index contributed by atoms with van der Waals surface area (Å²) in [5, 5.41) is 7.38. The van der Waals surface area contributed by atoms with Crippen LogP contribution in [-0.2, 0) is 11.3 Å². The van der Waals surface area contributed by atoms with Crippen molar-refractivity contribution < 1.29 is 4.74 Å². The molecule has 0 unspecified atom stereocenters. The Labute approximate surface area is 172 Å². The van der Waals surface area contributed by atoms with E-state index in [0.717, 1.165) is 36.1 Å². The molecule has 0 aliphatic heterocycles. The molecule has 0 amide bonds. The lowest BCUT2D eigenvalue weighted by molar-refractivity contribution is 0.195. The summed E-state index contributed by atoms with van der Waals surface area (Å²) in [5.74, 6) is 0.789. The lowest BCUT2D eigenvalue weighted by Crippen LogP contribution is -2.37. The molecule has 0 spiro atoms. The topological polar surface area (TPSA) is 45.7 Å². The summed E-state index contributed by atoms with van der Waals surface area (Å²) in [6, 6.07) is 16.2. The first-order chi connectivity index (χ1) is 11.7. The minimum absolute atomic E-state index is 0. The molecule has 2 N–H and O–H groups in total. The highest BCUT2D eigenvalue weighted by molar-refractivity contribution is 14.0. The molecule has 136 valence electrons. The van der Waals surface area contributed by atoms with E-state index in [-0.39, 0.29) is 24.0 Å². The molecule has 0 saturated heterocycles. The number of methoxy groups -OCH3 is 1. The van der Waals surface area contributed by atoms with Crippen molar-refractivity contribution in [3.05, 3.63) is 59.1 Å². The van der Waals surface area contributed by atoms with Crippen LogP contribution < -0.4 is 10.6 Å². The second-order valence-corrected chi connectivity index (χ2v) is 5.80. The van der Waals surface area contributed by atoms with E-state index in [1.165, 1.54) is 11.1 Å². The number of nitrogens with one attached hydrogen (secondary N) is 2. The Morgan fingerprint density at radius 3 is 2.48 bits per heavy atom. The van der Waals surface area contributed by atoms with Gasteiger partial charge >= 0.3 is 0 Å². The summed E-state index contributed by atoms with van der Waals surface area (Å²) >= 11 is 5.99. The van der Waals surface area contributed by atoms with E-state index in [0.29, 0.717) is 6.54 Å². The van der Waals surface area contributed by atoms with E-state index in [1.54, 1.807) is 14.2 Å². The lowest BCUT2D eigenvalue weighted by atomic mass is 10.00. The second kappa shape index (κ2) is 12.1. The fourth-order valence-corrected chi connectivity index (χ4v) is 2.53. The predicted octanol–water partition coefficient (Wildman–Crippen LogP) is 4.33. The van der Waals surface area contributed by atoms with Gasteiger partial charge in [-0.25, -0.2) is 0 Å². The minimum Gasteiger partial charge on any atom is -0.385 e. The number of halogens is 2. The highest BCUT2D eigenvalue weighted by atomic mass is 127. The van der Waals surface area contributed by atoms with Gasteiger partial charge in [0, 0.05) is 38.9 Å². The third kappa shape index (κ3) is 7.22. The van der Waals surface area contributed by atoms with Crippen molar-refractivity contribution >= 4 is 41.5 Å². The molecule has 2 aromatic rings. The zero-order chi connectivity index (χ0) is 17.2. The molecule has 25 heavy (non-hydrogen) atoms. The van der Waals surface area contributed by atoms with Gasteiger partial charge in [0.25, 0.3) is 0 Å². The van der Waals surface area contributed by atoms with Crippen LogP contribution in [0.25, 0.3) is 11.1 Å². The Balaban J connectivity index is 0.00000312. The molecule has 0 radical (unpaired) electrons. The summed E-state index contributed by atoms with van der Waals surface area (Å²) in [4.78, 5) is 4.25. The second-order valence-electron chi connectivity index (χ2n) is 5.36. The Bertz CT molecular complexity index is 662. The van der Waals surface area contributed by atoms with Crippen LogP contribution in [0.2, 0.25) is 5.02 Å². The predicted molar refractivity (Wildman–Crippen MR) is 117 cm³/mol. The van der Waals surface area contributed by atoms with Gasteiger partial charge in [0.15, 0.2) is 5.96 Å². The Hall–Kier alpha value is -1.31. The van der Waals surface area contributed by atoms with Crippen molar-refractivity contribution in [3.8, 4) is 11.1 Å². The SMILES string of the molecule is CN=C(NCCCOC)NCc1ccccc1-c1ccc(Cl)cc1.I. The fraction of sp³-hybridized carbons (Fsp3) is 0.316. The van der Waals surface area contributed by atoms with Gasteiger partial charge in [-0.1, -0.05) is 48.0 Å². The molecule has 0 saturated carbocycles. The maximum Gasteiger partial charge on any atom is 0.191 e. The Morgan fingerprint density at radius 2 is 1.80 bits per heavy atom. The number of guanidine groups is 1. The largest absolute Gasteiger partial charge is 0.385 e. The lowest BCUT2D eigenvalue weighted by Gasteiger charge is -2.14. The first-order valence-electron chi connectivity index (χ1n) is 8.02. The first-order valence-corrected chi connectivity index (χ1v) is 8.39. The van der Waals surface area contributed by atoms with Crippen LogP contribution in [0.4, 0.5) is 0 Å². The van der Waals surface area contributed by atoms with Gasteiger partial charge in [-0.3, -0.25) is 4.99 Å². The number of hydrogen-bond donors (Lipinski definition) is 2. The number of rotatable bonds is 7. The molecule has 2 aromatic carbocycles. The summed E-state index contributed by atoms with van der Waals surface area (Å²) in [5.41, 5.74) is 3.55. The number of hydrogen-bond acceptors (Lipinski definition) is 2. The monoisotopic (exact) mass is 473 g/mol. The fourth-order valence-electron chi connectivity index (χ4n) is 2.41. The molecule has 0 aliphatic rings. The van der Waals surface area contributed by atoms with Gasteiger partial charge in [0.2, 0.25) is 0 Å². The normalized spacial score (nSPS) is 10.9. The third-order valence-corrected chi connectivity index (χ3v) is 3.91. The number of ether oxygens (including phenoxy) is 1. The van der Waals surface area contributed by atoms with Gasteiger partial charge in [-0.2, -0.15) is 0 Å². The molecule has 0 heterocycles. The molecule has 0 aliphatic carbocycles. The summed E-state index contributed by atoms with van der Waals surface area (Å²) in [6.07, 6.45) is 0.943. The van der Waals surface area contributed by atoms with E-state index in [9.17, 15) is 0 Å². The van der Waals surface area contributed by atoms with Crippen molar-refractivity contribution in [3.63, 3.8) is 0 Å². The zero-order valence-electron chi connectivity index (χ0n) is 14.6. The highest BCUT2D eigenvalue weighted by Gasteiger charge is 2.05. The van der Waals surface area contributed by atoms with Crippen LogP contribution >= 0.6 is 35.6 Å². The van der Waals surface area contributed by atoms with Crippen LogP contribution in [0.5, 0.6) is 0 Å². The van der Waals surface area contributed by atoms with Crippen molar-refractivity contribution in [2.75, 3.05) is 27.3 Å². The third-order valence-electron chi connectivity index (χ3n) is 3.66. The van der Waals surface area contributed by atoms with Gasteiger partial charge in [0.05, 0.1) is 0 Å². The average molecular weight is 474 g/mol. The Morgan fingerprint density at radius 1 is 1.08 bits per heavy atom.